The smallest absolute Gasteiger partial charge is 0.330 e. The molecule has 1 fully saturated rings. The molecular formula is C27H32N2O5. The molecule has 34 heavy (non-hydrogen) atoms. The molecule has 0 unspecified atom stereocenters. The van der Waals surface area contributed by atoms with Crippen LogP contribution in [0.15, 0.2) is 60.7 Å². The quantitative estimate of drug-likeness (QED) is 0.457. The number of carbonyl (C=O) groups excluding carboxylic acids is 4. The fourth-order valence-corrected chi connectivity index (χ4v) is 3.10. The van der Waals surface area contributed by atoms with Crippen molar-refractivity contribution in [2.45, 2.75) is 53.4 Å². The molecule has 0 aromatic heterocycles. The lowest BCUT2D eigenvalue weighted by atomic mass is 10.0. The predicted molar refractivity (Wildman–Crippen MR) is 132 cm³/mol. The molecule has 0 aliphatic carbocycles. The van der Waals surface area contributed by atoms with Crippen LogP contribution in [-0.2, 0) is 24.0 Å². The Labute approximate surface area is 201 Å². The molecule has 0 saturated carbocycles. The number of amides is 3. The van der Waals surface area contributed by atoms with Gasteiger partial charge in [-0.2, -0.15) is 0 Å². The molecular weight excluding hydrogens is 432 g/mol. The fraction of sp³-hybridized carbons (Fsp3) is 0.333. The van der Waals surface area contributed by atoms with Crippen molar-refractivity contribution in [2.24, 2.45) is 0 Å². The van der Waals surface area contributed by atoms with E-state index < -0.39 is 17.8 Å². The summed E-state index contributed by atoms with van der Waals surface area (Å²) in [5.41, 5.74) is 2.69. The van der Waals surface area contributed by atoms with Crippen molar-refractivity contribution in [1.82, 2.24) is 5.06 Å². The summed E-state index contributed by atoms with van der Waals surface area (Å²) in [6.45, 7) is 15.8. The van der Waals surface area contributed by atoms with Crippen LogP contribution in [0.3, 0.4) is 0 Å². The lowest BCUT2D eigenvalue weighted by molar-refractivity contribution is -0.197. The van der Waals surface area contributed by atoms with Crippen molar-refractivity contribution in [1.29, 1.82) is 0 Å². The van der Waals surface area contributed by atoms with Gasteiger partial charge >= 0.3 is 5.97 Å². The maximum atomic E-state index is 13.0. The first-order chi connectivity index (χ1) is 16.4. The van der Waals surface area contributed by atoms with Crippen LogP contribution in [0.25, 0.3) is 0 Å². The van der Waals surface area contributed by atoms with Crippen molar-refractivity contribution < 1.29 is 24.0 Å². The summed E-state index contributed by atoms with van der Waals surface area (Å²) in [5, 5.41) is 0.475. The van der Waals surface area contributed by atoms with Crippen LogP contribution in [-0.4, -0.2) is 35.3 Å². The van der Waals surface area contributed by atoms with Crippen molar-refractivity contribution in [3.63, 3.8) is 0 Å². The van der Waals surface area contributed by atoms with E-state index in [2.05, 4.69) is 25.0 Å². The van der Waals surface area contributed by atoms with Gasteiger partial charge in [-0.3, -0.25) is 14.4 Å². The Hall–Kier alpha value is -3.92. The third-order valence-electron chi connectivity index (χ3n) is 4.69. The van der Waals surface area contributed by atoms with Gasteiger partial charge in [-0.25, -0.2) is 4.79 Å². The molecule has 7 nitrogen and oxygen atoms in total. The van der Waals surface area contributed by atoms with E-state index in [1.807, 2.05) is 33.8 Å². The maximum Gasteiger partial charge on any atom is 0.333 e. The average Bonchev–Trinajstić information content (AvgIpc) is 3.18. The second-order valence-electron chi connectivity index (χ2n) is 6.64. The number of nitrogens with zero attached hydrogens (tertiary/aromatic N) is 2. The maximum absolute atomic E-state index is 13.0. The Morgan fingerprint density at radius 2 is 1.59 bits per heavy atom. The number of imide groups is 1. The Bertz CT molecular complexity index is 1030. The van der Waals surface area contributed by atoms with Gasteiger partial charge in [-0.15, -0.1) is 5.06 Å². The van der Waals surface area contributed by atoms with Crippen LogP contribution >= 0.6 is 0 Å². The fourth-order valence-electron chi connectivity index (χ4n) is 3.10. The molecule has 180 valence electrons. The first-order valence-corrected chi connectivity index (χ1v) is 11.4. The van der Waals surface area contributed by atoms with Crippen molar-refractivity contribution in [3.05, 3.63) is 66.3 Å². The van der Waals surface area contributed by atoms with E-state index in [1.54, 1.807) is 30.4 Å². The minimum atomic E-state index is -0.821. The van der Waals surface area contributed by atoms with Gasteiger partial charge in [0.05, 0.1) is 18.7 Å². The number of hydrogen-bond donors (Lipinski definition) is 0. The molecule has 3 rings (SSSR count). The number of rotatable bonds is 6. The monoisotopic (exact) mass is 464 g/mol. The van der Waals surface area contributed by atoms with Crippen LogP contribution in [0.5, 0.6) is 0 Å². The van der Waals surface area contributed by atoms with Crippen LogP contribution in [0.2, 0.25) is 0 Å². The Morgan fingerprint density at radius 3 is 2.18 bits per heavy atom. The van der Waals surface area contributed by atoms with Crippen molar-refractivity contribution in [3.8, 4) is 11.8 Å². The van der Waals surface area contributed by atoms with E-state index in [4.69, 9.17) is 4.84 Å². The summed E-state index contributed by atoms with van der Waals surface area (Å²) >= 11 is 0. The van der Waals surface area contributed by atoms with E-state index in [1.165, 1.54) is 4.90 Å². The highest BCUT2D eigenvalue weighted by molar-refractivity contribution is 6.02. The third-order valence-corrected chi connectivity index (χ3v) is 4.69. The van der Waals surface area contributed by atoms with Gasteiger partial charge in [0.2, 0.25) is 5.91 Å². The minimum Gasteiger partial charge on any atom is -0.330 e. The number of benzene rings is 1. The van der Waals surface area contributed by atoms with Gasteiger partial charge in [0, 0.05) is 30.4 Å². The van der Waals surface area contributed by atoms with E-state index in [9.17, 15) is 19.2 Å². The number of hydrogen-bond acceptors (Lipinski definition) is 5. The van der Waals surface area contributed by atoms with E-state index in [0.29, 0.717) is 21.9 Å². The molecule has 0 atom stereocenters. The topological polar surface area (TPSA) is 84.0 Å². The summed E-state index contributed by atoms with van der Waals surface area (Å²) in [5.74, 6) is 3.82. The number of hydroxylamine groups is 2. The summed E-state index contributed by atoms with van der Waals surface area (Å²) in [4.78, 5) is 54.5. The van der Waals surface area contributed by atoms with Crippen molar-refractivity contribution >= 4 is 29.4 Å². The van der Waals surface area contributed by atoms with Gasteiger partial charge in [0.1, 0.15) is 0 Å². The molecule has 2 heterocycles. The lowest BCUT2D eigenvalue weighted by Crippen LogP contribution is -2.35. The molecule has 0 bridgehead atoms. The largest absolute Gasteiger partial charge is 0.333 e. The van der Waals surface area contributed by atoms with Crippen LogP contribution in [0.1, 0.15) is 58.9 Å². The van der Waals surface area contributed by atoms with Gasteiger partial charge in [-0.1, -0.05) is 77.0 Å². The second kappa shape index (κ2) is 14.3. The molecule has 3 amide bonds. The molecule has 2 aliphatic heterocycles. The molecule has 2 aliphatic rings. The summed E-state index contributed by atoms with van der Waals surface area (Å²) in [7, 11) is 0. The predicted octanol–water partition coefficient (Wildman–Crippen LogP) is 4.49. The standard InChI is InChI=1S/C23H20N2O5.2C2H6/c1-3-16-9-10-18-7-5-6-8-19(18)24(15-17(16)4-2)20(26)13-14-23(29)30-25-21(27)11-12-22(25)28;2*1-2/h3-8H,1-2,11-15H2;2*1-2H3/b17-16-;;. The summed E-state index contributed by atoms with van der Waals surface area (Å²) < 4.78 is 0. The van der Waals surface area contributed by atoms with Gasteiger partial charge in [-0.05, 0) is 17.7 Å². The van der Waals surface area contributed by atoms with Gasteiger partial charge in [0.15, 0.2) is 0 Å². The van der Waals surface area contributed by atoms with E-state index >= 15 is 0 Å². The first kappa shape index (κ1) is 28.1. The van der Waals surface area contributed by atoms with E-state index in [0.717, 1.165) is 5.57 Å². The molecule has 7 heteroatoms. The number of fused-ring (bicyclic) bond motifs is 1. The molecule has 0 spiro atoms. The Balaban J connectivity index is 0.00000137. The van der Waals surface area contributed by atoms with Gasteiger partial charge in [0.25, 0.3) is 11.8 Å². The highest BCUT2D eigenvalue weighted by Crippen LogP contribution is 2.25. The third kappa shape index (κ3) is 7.04. The SMILES string of the molecule is C=C/C1=C(\C=C)CN(C(=O)CCC(=O)ON2C(=O)CCC2=O)c2ccccc2C#C1.CC.CC. The van der Waals surface area contributed by atoms with Crippen LogP contribution in [0.4, 0.5) is 5.69 Å². The number of anilines is 1. The molecule has 1 aromatic carbocycles. The van der Waals surface area contributed by atoms with Crippen molar-refractivity contribution in [2.75, 3.05) is 11.4 Å². The summed E-state index contributed by atoms with van der Waals surface area (Å²) in [6, 6.07) is 7.21. The number of allylic oxidation sites excluding steroid dienone is 2. The minimum absolute atomic E-state index is 0.0128. The zero-order valence-electron chi connectivity index (χ0n) is 20.3. The molecule has 0 radical (unpaired) electrons. The second-order valence-corrected chi connectivity index (χ2v) is 6.64. The molecule has 1 aromatic rings. The molecule has 0 N–H and O–H groups in total. The van der Waals surface area contributed by atoms with Crippen LogP contribution in [0, 0.1) is 11.8 Å². The first-order valence-electron chi connectivity index (χ1n) is 11.4. The zero-order chi connectivity index (χ0) is 25.7. The molecule has 1 saturated heterocycles. The Morgan fingerprint density at radius 1 is 0.971 bits per heavy atom. The van der Waals surface area contributed by atoms with E-state index in [-0.39, 0.29) is 38.1 Å². The lowest BCUT2D eigenvalue weighted by Gasteiger charge is -2.26. The highest BCUT2D eigenvalue weighted by Gasteiger charge is 2.33. The zero-order valence-corrected chi connectivity index (χ0v) is 20.3. The number of carbonyl (C=O) groups is 4. The average molecular weight is 465 g/mol. The number of para-hydroxylation sites is 1. The van der Waals surface area contributed by atoms with Gasteiger partial charge < -0.3 is 9.74 Å². The summed E-state index contributed by atoms with van der Waals surface area (Å²) in [6.07, 6.45) is 2.82. The Kier molecular flexibility index (Phi) is 11.8. The van der Waals surface area contributed by atoms with Crippen LogP contribution < -0.4 is 4.90 Å². The highest BCUT2D eigenvalue weighted by atomic mass is 16.7. The normalized spacial score (nSPS) is 16.2.